The molecule has 0 unspecified atom stereocenters. The maximum Gasteiger partial charge on any atom is 0.338 e. The number of ether oxygens (including phenoxy) is 1. The molecule has 1 N–H and O–H groups in total. The van der Waals surface area contributed by atoms with Crippen molar-refractivity contribution >= 4 is 5.97 Å². The number of rotatable bonds is 19. The number of benzene rings is 2. The monoisotopic (exact) mass is 578 g/mol. The van der Waals surface area contributed by atoms with E-state index in [1.165, 1.54) is 89.9 Å². The molecule has 2 aromatic rings. The fourth-order valence-electron chi connectivity index (χ4n) is 5.74. The highest BCUT2D eigenvalue weighted by Gasteiger charge is 2.27. The summed E-state index contributed by atoms with van der Waals surface area (Å²) in [7, 11) is 0. The SMILES string of the molecule is CCCCCCCCCCCCCCCCCCOC(=O)c1ccccc1-c1cc(C(C)(C)C)c(O)c(C(C)(C)C)c1. The molecule has 0 spiro atoms. The molecule has 0 fully saturated rings. The van der Waals surface area contributed by atoms with Gasteiger partial charge < -0.3 is 9.84 Å². The van der Waals surface area contributed by atoms with Crippen molar-refractivity contribution in [1.29, 1.82) is 0 Å². The first-order valence-electron chi connectivity index (χ1n) is 17.1. The quantitative estimate of drug-likeness (QED) is 0.133. The fraction of sp³-hybridized carbons (Fsp3) is 0.667. The van der Waals surface area contributed by atoms with Crippen molar-refractivity contribution in [2.24, 2.45) is 0 Å². The summed E-state index contributed by atoms with van der Waals surface area (Å²) in [5.41, 5.74) is 3.69. The first-order valence-corrected chi connectivity index (χ1v) is 17.1. The lowest BCUT2D eigenvalue weighted by molar-refractivity contribution is 0.0498. The smallest absolute Gasteiger partial charge is 0.338 e. The summed E-state index contributed by atoms with van der Waals surface area (Å²) in [5.74, 6) is 0.0801. The van der Waals surface area contributed by atoms with Crippen molar-refractivity contribution in [3.8, 4) is 16.9 Å². The molecule has 3 heteroatoms. The van der Waals surface area contributed by atoms with Crippen LogP contribution in [0.4, 0.5) is 0 Å². The molecule has 2 aromatic carbocycles. The van der Waals surface area contributed by atoms with Gasteiger partial charge in [-0.3, -0.25) is 0 Å². The molecular weight excluding hydrogens is 516 g/mol. The molecule has 236 valence electrons. The lowest BCUT2D eigenvalue weighted by atomic mass is 9.77. The van der Waals surface area contributed by atoms with E-state index in [0.29, 0.717) is 17.9 Å². The normalized spacial score (nSPS) is 12.1. The maximum atomic E-state index is 13.2. The first kappa shape index (κ1) is 35.9. The average molecular weight is 579 g/mol. The summed E-state index contributed by atoms with van der Waals surface area (Å²) >= 11 is 0. The van der Waals surface area contributed by atoms with Crippen molar-refractivity contribution in [1.82, 2.24) is 0 Å². The molecule has 0 saturated carbocycles. The Bertz CT molecular complexity index is 1020. The second-order valence-electron chi connectivity index (χ2n) is 14.4. The van der Waals surface area contributed by atoms with Crippen LogP contribution in [-0.4, -0.2) is 17.7 Å². The van der Waals surface area contributed by atoms with Crippen LogP contribution in [0.3, 0.4) is 0 Å². The topological polar surface area (TPSA) is 46.5 Å². The number of hydrogen-bond acceptors (Lipinski definition) is 3. The average Bonchev–Trinajstić information content (AvgIpc) is 2.93. The summed E-state index contributed by atoms with van der Waals surface area (Å²) in [4.78, 5) is 13.2. The highest BCUT2D eigenvalue weighted by Crippen LogP contribution is 2.42. The molecule has 0 aliphatic rings. The van der Waals surface area contributed by atoms with E-state index < -0.39 is 0 Å². The van der Waals surface area contributed by atoms with Crippen LogP contribution in [0.25, 0.3) is 11.1 Å². The van der Waals surface area contributed by atoms with E-state index in [1.54, 1.807) is 0 Å². The van der Waals surface area contributed by atoms with Crippen LogP contribution in [0.15, 0.2) is 36.4 Å². The van der Waals surface area contributed by atoms with Gasteiger partial charge in [0.2, 0.25) is 0 Å². The molecule has 3 nitrogen and oxygen atoms in total. The Kier molecular flexibility index (Phi) is 15.7. The third-order valence-electron chi connectivity index (χ3n) is 8.41. The third kappa shape index (κ3) is 12.5. The van der Waals surface area contributed by atoms with Gasteiger partial charge in [-0.2, -0.15) is 0 Å². The molecule has 0 aromatic heterocycles. The van der Waals surface area contributed by atoms with E-state index in [0.717, 1.165) is 35.1 Å². The minimum Gasteiger partial charge on any atom is -0.507 e. The lowest BCUT2D eigenvalue weighted by Gasteiger charge is -2.28. The van der Waals surface area contributed by atoms with Crippen molar-refractivity contribution in [3.63, 3.8) is 0 Å². The van der Waals surface area contributed by atoms with E-state index in [2.05, 4.69) is 48.5 Å². The van der Waals surface area contributed by atoms with Gasteiger partial charge in [-0.25, -0.2) is 4.79 Å². The van der Waals surface area contributed by atoms with Crippen molar-refractivity contribution in [3.05, 3.63) is 53.1 Å². The Morgan fingerprint density at radius 1 is 0.643 bits per heavy atom. The summed E-state index contributed by atoms with van der Waals surface area (Å²) in [6.07, 6.45) is 21.2. The van der Waals surface area contributed by atoms with Gasteiger partial charge in [-0.1, -0.05) is 163 Å². The van der Waals surface area contributed by atoms with Gasteiger partial charge in [0.1, 0.15) is 5.75 Å². The molecular formula is C39H62O3. The summed E-state index contributed by atoms with van der Waals surface area (Å²) in [6, 6.07) is 11.8. The Labute approximate surface area is 258 Å². The molecule has 2 rings (SSSR count). The Balaban J connectivity index is 1.76. The number of hydrogen-bond donors (Lipinski definition) is 1. The minimum absolute atomic E-state index is 0.233. The Hall–Kier alpha value is -2.29. The summed E-state index contributed by atoms with van der Waals surface area (Å²) < 4.78 is 5.74. The zero-order chi connectivity index (χ0) is 31.0. The van der Waals surface area contributed by atoms with Gasteiger partial charge in [-0.15, -0.1) is 0 Å². The van der Waals surface area contributed by atoms with E-state index in [9.17, 15) is 9.90 Å². The minimum atomic E-state index is -0.269. The van der Waals surface area contributed by atoms with Crippen LogP contribution < -0.4 is 0 Å². The summed E-state index contributed by atoms with van der Waals surface area (Å²) in [5, 5.41) is 11.1. The highest BCUT2D eigenvalue weighted by atomic mass is 16.5. The van der Waals surface area contributed by atoms with Gasteiger partial charge >= 0.3 is 5.97 Å². The van der Waals surface area contributed by atoms with E-state index in [-0.39, 0.29) is 16.8 Å². The van der Waals surface area contributed by atoms with Gasteiger partial charge in [-0.05, 0) is 46.6 Å². The number of unbranched alkanes of at least 4 members (excludes halogenated alkanes) is 15. The van der Waals surface area contributed by atoms with Crippen LogP contribution in [0.1, 0.15) is 173 Å². The van der Waals surface area contributed by atoms with Crippen molar-refractivity contribution in [2.45, 2.75) is 162 Å². The second-order valence-corrected chi connectivity index (χ2v) is 14.4. The zero-order valence-electron chi connectivity index (χ0n) is 28.2. The van der Waals surface area contributed by atoms with E-state index in [1.807, 2.05) is 36.4 Å². The van der Waals surface area contributed by atoms with Crippen LogP contribution >= 0.6 is 0 Å². The van der Waals surface area contributed by atoms with Crippen LogP contribution in [0.5, 0.6) is 5.75 Å². The highest BCUT2D eigenvalue weighted by molar-refractivity contribution is 5.97. The number of carbonyl (C=O) groups is 1. The van der Waals surface area contributed by atoms with E-state index >= 15 is 0 Å². The predicted molar refractivity (Wildman–Crippen MR) is 181 cm³/mol. The van der Waals surface area contributed by atoms with Gasteiger partial charge in [0.15, 0.2) is 0 Å². The number of phenolic OH excluding ortho intramolecular Hbond substituents is 1. The van der Waals surface area contributed by atoms with Gasteiger partial charge in [0, 0.05) is 11.1 Å². The number of aromatic hydroxyl groups is 1. The molecule has 0 aliphatic carbocycles. The lowest BCUT2D eigenvalue weighted by Crippen LogP contribution is -2.17. The van der Waals surface area contributed by atoms with Crippen LogP contribution in [-0.2, 0) is 15.6 Å². The number of esters is 1. The van der Waals surface area contributed by atoms with Crippen LogP contribution in [0, 0.1) is 0 Å². The molecule has 0 radical (unpaired) electrons. The third-order valence-corrected chi connectivity index (χ3v) is 8.41. The molecule has 0 atom stereocenters. The Morgan fingerprint density at radius 3 is 1.48 bits per heavy atom. The van der Waals surface area contributed by atoms with Gasteiger partial charge in [0.25, 0.3) is 0 Å². The van der Waals surface area contributed by atoms with Crippen LogP contribution in [0.2, 0.25) is 0 Å². The second kappa shape index (κ2) is 18.4. The fourth-order valence-corrected chi connectivity index (χ4v) is 5.74. The number of phenols is 1. The van der Waals surface area contributed by atoms with Crippen molar-refractivity contribution < 1.29 is 14.6 Å². The standard InChI is InChI=1S/C39H62O3/c1-8-9-10-11-12-13-14-15-16-17-18-19-20-21-22-25-28-42-37(41)33-27-24-23-26-32(33)31-29-34(38(2,3)4)36(40)35(30-31)39(5,6)7/h23-24,26-27,29-30,40H,8-22,25,28H2,1-7H3. The molecule has 0 heterocycles. The maximum absolute atomic E-state index is 13.2. The first-order chi connectivity index (χ1) is 20.0. The predicted octanol–water partition coefficient (Wildman–Crippen LogP) is 12.1. The molecule has 0 bridgehead atoms. The molecule has 0 aliphatic heterocycles. The molecule has 0 saturated heterocycles. The summed E-state index contributed by atoms with van der Waals surface area (Å²) in [6.45, 7) is 15.4. The molecule has 0 amide bonds. The van der Waals surface area contributed by atoms with Crippen molar-refractivity contribution in [2.75, 3.05) is 6.61 Å². The largest absolute Gasteiger partial charge is 0.507 e. The molecule has 42 heavy (non-hydrogen) atoms. The zero-order valence-corrected chi connectivity index (χ0v) is 28.2. The van der Waals surface area contributed by atoms with E-state index in [4.69, 9.17) is 4.74 Å². The number of carbonyl (C=O) groups excluding carboxylic acids is 1. The van der Waals surface area contributed by atoms with Gasteiger partial charge in [0.05, 0.1) is 12.2 Å². The Morgan fingerprint density at radius 2 is 1.05 bits per heavy atom.